The monoisotopic (exact) mass is 300 g/mol. The Kier molecular flexibility index (Phi) is 3.46. The first-order valence-corrected chi connectivity index (χ1v) is 8.32. The topological polar surface area (TPSA) is 32.8 Å². The summed E-state index contributed by atoms with van der Waals surface area (Å²) in [7, 11) is 2.16. The number of nitrogens with zero attached hydrogens (tertiary/aromatic N) is 2. The van der Waals surface area contributed by atoms with Crippen LogP contribution in [0.3, 0.4) is 0 Å². The van der Waals surface area contributed by atoms with Gasteiger partial charge >= 0.3 is 0 Å². The Labute approximate surface area is 132 Å². The van der Waals surface area contributed by atoms with Crippen molar-refractivity contribution in [3.63, 3.8) is 0 Å². The molecule has 0 radical (unpaired) electrons. The van der Waals surface area contributed by atoms with Gasteiger partial charge in [0.2, 0.25) is 5.91 Å². The molecule has 2 aliphatic heterocycles. The molecule has 2 bridgehead atoms. The Hall–Kier alpha value is -1.39. The first-order chi connectivity index (χ1) is 10.7. The zero-order valence-corrected chi connectivity index (χ0v) is 13.2. The first kappa shape index (κ1) is 14.2. The molecular formula is C18H24N2O2. The number of hydrogen-bond acceptors (Lipinski definition) is 3. The van der Waals surface area contributed by atoms with Crippen molar-refractivity contribution in [1.82, 2.24) is 9.80 Å². The zero-order chi connectivity index (χ0) is 15.2. The van der Waals surface area contributed by atoms with Gasteiger partial charge in [0, 0.05) is 25.6 Å². The minimum absolute atomic E-state index is 0.237. The van der Waals surface area contributed by atoms with Crippen LogP contribution >= 0.6 is 0 Å². The molecule has 2 atom stereocenters. The lowest BCUT2D eigenvalue weighted by atomic mass is 9.93. The van der Waals surface area contributed by atoms with E-state index in [-0.39, 0.29) is 5.41 Å². The van der Waals surface area contributed by atoms with Gasteiger partial charge in [0.05, 0.1) is 24.7 Å². The van der Waals surface area contributed by atoms with Crippen LogP contribution in [0.2, 0.25) is 0 Å². The van der Waals surface area contributed by atoms with Crippen LogP contribution in [0, 0.1) is 5.92 Å². The van der Waals surface area contributed by atoms with Gasteiger partial charge in [-0.05, 0) is 25.5 Å². The molecule has 1 saturated carbocycles. The Morgan fingerprint density at radius 1 is 1.14 bits per heavy atom. The second kappa shape index (κ2) is 5.36. The molecule has 3 aliphatic rings. The Morgan fingerprint density at radius 3 is 2.64 bits per heavy atom. The quantitative estimate of drug-likeness (QED) is 0.830. The van der Waals surface area contributed by atoms with Crippen LogP contribution in [-0.4, -0.2) is 61.6 Å². The van der Waals surface area contributed by atoms with Gasteiger partial charge < -0.3 is 9.64 Å². The second-order valence-corrected chi connectivity index (χ2v) is 7.16. The average molecular weight is 300 g/mol. The summed E-state index contributed by atoms with van der Waals surface area (Å²) >= 11 is 0. The molecule has 4 heteroatoms. The Balaban J connectivity index is 1.58. The van der Waals surface area contributed by atoms with Crippen LogP contribution < -0.4 is 0 Å². The summed E-state index contributed by atoms with van der Waals surface area (Å²) in [6, 6.07) is 10.7. The molecule has 2 saturated heterocycles. The molecule has 22 heavy (non-hydrogen) atoms. The summed E-state index contributed by atoms with van der Waals surface area (Å²) < 4.78 is 5.77. The molecule has 0 N–H and O–H groups in total. The summed E-state index contributed by atoms with van der Waals surface area (Å²) in [4.78, 5) is 17.7. The fourth-order valence-electron chi connectivity index (χ4n) is 4.03. The van der Waals surface area contributed by atoms with E-state index in [1.165, 1.54) is 5.56 Å². The maximum atomic E-state index is 13.2. The van der Waals surface area contributed by atoms with Crippen molar-refractivity contribution in [2.24, 2.45) is 5.92 Å². The Morgan fingerprint density at radius 2 is 1.91 bits per heavy atom. The summed E-state index contributed by atoms with van der Waals surface area (Å²) in [6.07, 6.45) is 1.99. The number of amides is 1. The van der Waals surface area contributed by atoms with Gasteiger partial charge in [-0.3, -0.25) is 9.69 Å². The number of likely N-dealkylation sites (N-methyl/N-ethyl adjacent to an activating group) is 1. The third-order valence-corrected chi connectivity index (χ3v) is 5.52. The summed E-state index contributed by atoms with van der Waals surface area (Å²) in [5.41, 5.74) is 0.957. The SMILES string of the molecule is CN1C[C@H]2COC[C@@H]1CN(C(=O)C1(c3ccccc3)CC1)C2. The van der Waals surface area contributed by atoms with Gasteiger partial charge in [-0.2, -0.15) is 0 Å². The predicted octanol–water partition coefficient (Wildman–Crippen LogP) is 1.51. The predicted molar refractivity (Wildman–Crippen MR) is 84.7 cm³/mol. The number of carbonyl (C=O) groups is 1. The van der Waals surface area contributed by atoms with Gasteiger partial charge in [-0.25, -0.2) is 0 Å². The molecule has 0 aromatic heterocycles. The van der Waals surface area contributed by atoms with Gasteiger partial charge in [0.25, 0.3) is 0 Å². The number of benzene rings is 1. The molecule has 118 valence electrons. The summed E-state index contributed by atoms with van der Waals surface area (Å²) in [5, 5.41) is 0. The van der Waals surface area contributed by atoms with Crippen molar-refractivity contribution < 1.29 is 9.53 Å². The average Bonchev–Trinajstić information content (AvgIpc) is 3.32. The fourth-order valence-corrected chi connectivity index (χ4v) is 4.03. The van der Waals surface area contributed by atoms with E-state index < -0.39 is 0 Å². The van der Waals surface area contributed by atoms with Gasteiger partial charge in [-0.1, -0.05) is 30.3 Å². The van der Waals surface area contributed by atoms with Crippen LogP contribution in [0.15, 0.2) is 30.3 Å². The summed E-state index contributed by atoms with van der Waals surface area (Å²) in [6.45, 7) is 4.21. The molecule has 1 aliphatic carbocycles. The second-order valence-electron chi connectivity index (χ2n) is 7.16. The molecule has 4 rings (SSSR count). The van der Waals surface area contributed by atoms with Gasteiger partial charge in [0.1, 0.15) is 0 Å². The highest BCUT2D eigenvalue weighted by Crippen LogP contribution is 2.49. The van der Waals surface area contributed by atoms with Crippen LogP contribution in [0.1, 0.15) is 18.4 Å². The fraction of sp³-hybridized carbons (Fsp3) is 0.611. The lowest BCUT2D eigenvalue weighted by Crippen LogP contribution is -2.48. The maximum Gasteiger partial charge on any atom is 0.233 e. The van der Waals surface area contributed by atoms with Crippen molar-refractivity contribution >= 4 is 5.91 Å². The Bertz CT molecular complexity index is 555. The normalized spacial score (nSPS) is 30.7. The number of carbonyl (C=O) groups excluding carboxylic acids is 1. The van der Waals surface area contributed by atoms with Crippen molar-refractivity contribution in [2.45, 2.75) is 24.3 Å². The van der Waals surface area contributed by atoms with E-state index in [2.05, 4.69) is 29.0 Å². The number of ether oxygens (including phenoxy) is 1. The molecular weight excluding hydrogens is 276 g/mol. The zero-order valence-electron chi connectivity index (χ0n) is 13.2. The standard InChI is InChI=1S/C18H24N2O2/c1-19-9-14-10-20(11-16(19)13-22-12-14)17(21)18(7-8-18)15-5-3-2-4-6-15/h2-6,14,16H,7-13H2,1H3/t14-,16+/m1/s1. The van der Waals surface area contributed by atoms with Crippen molar-refractivity contribution in [3.8, 4) is 0 Å². The van der Waals surface area contributed by atoms with E-state index in [4.69, 9.17) is 4.74 Å². The van der Waals surface area contributed by atoms with Crippen LogP contribution in [0.25, 0.3) is 0 Å². The lowest BCUT2D eigenvalue weighted by molar-refractivity contribution is -0.135. The van der Waals surface area contributed by atoms with Crippen molar-refractivity contribution in [1.29, 1.82) is 0 Å². The van der Waals surface area contributed by atoms with Crippen LogP contribution in [0.5, 0.6) is 0 Å². The largest absolute Gasteiger partial charge is 0.379 e. The van der Waals surface area contributed by atoms with Gasteiger partial charge in [0.15, 0.2) is 0 Å². The van der Waals surface area contributed by atoms with Crippen molar-refractivity contribution in [3.05, 3.63) is 35.9 Å². The third-order valence-electron chi connectivity index (χ3n) is 5.52. The molecule has 1 aromatic rings. The number of hydrogen-bond donors (Lipinski definition) is 0. The summed E-state index contributed by atoms with van der Waals surface area (Å²) in [5.74, 6) is 0.777. The van der Waals surface area contributed by atoms with E-state index in [9.17, 15) is 4.79 Å². The van der Waals surface area contributed by atoms with E-state index >= 15 is 0 Å². The van der Waals surface area contributed by atoms with E-state index in [1.54, 1.807) is 0 Å². The highest BCUT2D eigenvalue weighted by molar-refractivity contribution is 5.91. The molecule has 1 aromatic carbocycles. The van der Waals surface area contributed by atoms with Gasteiger partial charge in [-0.15, -0.1) is 0 Å². The lowest BCUT2D eigenvalue weighted by Gasteiger charge is -2.32. The minimum atomic E-state index is -0.237. The third kappa shape index (κ3) is 2.34. The number of rotatable bonds is 2. The smallest absolute Gasteiger partial charge is 0.233 e. The molecule has 0 unspecified atom stereocenters. The van der Waals surface area contributed by atoms with E-state index in [0.717, 1.165) is 45.7 Å². The maximum absolute atomic E-state index is 13.2. The van der Waals surface area contributed by atoms with E-state index in [0.29, 0.717) is 17.9 Å². The first-order valence-electron chi connectivity index (χ1n) is 8.32. The van der Waals surface area contributed by atoms with Crippen molar-refractivity contribution in [2.75, 3.05) is 39.9 Å². The molecule has 2 heterocycles. The van der Waals surface area contributed by atoms with E-state index in [1.807, 2.05) is 18.2 Å². The van der Waals surface area contributed by atoms with Crippen LogP contribution in [-0.2, 0) is 14.9 Å². The molecule has 4 nitrogen and oxygen atoms in total. The minimum Gasteiger partial charge on any atom is -0.379 e. The highest BCUT2D eigenvalue weighted by atomic mass is 16.5. The molecule has 3 fully saturated rings. The highest BCUT2D eigenvalue weighted by Gasteiger charge is 2.53. The molecule has 1 amide bonds. The number of fused-ring (bicyclic) bond motifs is 3. The van der Waals surface area contributed by atoms with Crippen LogP contribution in [0.4, 0.5) is 0 Å². The molecule has 0 spiro atoms.